The van der Waals surface area contributed by atoms with Gasteiger partial charge in [0.1, 0.15) is 6.04 Å². The Kier molecular flexibility index (Phi) is 14.1. The Morgan fingerprint density at radius 1 is 1.00 bits per heavy atom. The number of amides is 3. The zero-order valence-corrected chi connectivity index (χ0v) is 24.7. The van der Waals surface area contributed by atoms with Gasteiger partial charge in [-0.25, -0.2) is 0 Å². The zero-order chi connectivity index (χ0) is 29.0. The van der Waals surface area contributed by atoms with E-state index in [-0.39, 0.29) is 73.6 Å². The number of carbonyl (C=O) groups is 3. The molecule has 1 N–H and O–H groups in total. The molecule has 1 saturated heterocycles. The molecule has 3 atom stereocenters. The van der Waals surface area contributed by atoms with Gasteiger partial charge in [0, 0.05) is 31.8 Å². The lowest BCUT2D eigenvalue weighted by atomic mass is 9.95. The van der Waals surface area contributed by atoms with Crippen LogP contribution in [0.4, 0.5) is 0 Å². The van der Waals surface area contributed by atoms with Crippen molar-refractivity contribution in [3.05, 3.63) is 11.6 Å². The van der Waals surface area contributed by atoms with Gasteiger partial charge in [-0.2, -0.15) is 10.5 Å². The first-order valence-corrected chi connectivity index (χ1v) is 13.9. The van der Waals surface area contributed by atoms with Crippen molar-refractivity contribution in [3.8, 4) is 12.1 Å². The lowest BCUT2D eigenvalue weighted by Crippen LogP contribution is -2.58. The minimum Gasteiger partial charge on any atom is -0.343 e. The quantitative estimate of drug-likeness (QED) is 0.366. The molecule has 212 valence electrons. The molecule has 1 aliphatic rings. The van der Waals surface area contributed by atoms with Crippen molar-refractivity contribution in [2.45, 2.75) is 105 Å². The van der Waals surface area contributed by atoms with Gasteiger partial charge in [0.25, 0.3) is 0 Å². The van der Waals surface area contributed by atoms with E-state index in [0.29, 0.717) is 5.57 Å². The Hall–Kier alpha value is -2.91. The molecular formula is C29H48N6O3. The Bertz CT molecular complexity index is 896. The van der Waals surface area contributed by atoms with Gasteiger partial charge in [0.05, 0.1) is 37.1 Å². The van der Waals surface area contributed by atoms with Gasteiger partial charge in [0.15, 0.2) is 0 Å². The highest BCUT2D eigenvalue weighted by molar-refractivity contribution is 5.93. The van der Waals surface area contributed by atoms with E-state index in [2.05, 4.69) is 24.1 Å². The SMILES string of the molecule is CC(=CC(C(C)C)N(C)C(=O)[C@@H](NC(=O)[C@H]1CCCCN1C(C)C)C(C)C)C(=O)N(CCC#N)CCC#N. The number of nitrogens with one attached hydrogen (secondary N) is 1. The van der Waals surface area contributed by atoms with Crippen molar-refractivity contribution in [1.82, 2.24) is 20.0 Å². The first kappa shape index (κ1) is 33.1. The van der Waals surface area contributed by atoms with Crippen LogP contribution < -0.4 is 5.32 Å². The number of hydrogen-bond donors (Lipinski definition) is 1. The molecule has 1 heterocycles. The van der Waals surface area contributed by atoms with E-state index in [1.165, 1.54) is 4.90 Å². The maximum atomic E-state index is 13.7. The maximum Gasteiger partial charge on any atom is 0.249 e. The van der Waals surface area contributed by atoms with Crippen LogP contribution in [-0.2, 0) is 14.4 Å². The van der Waals surface area contributed by atoms with Gasteiger partial charge < -0.3 is 15.1 Å². The van der Waals surface area contributed by atoms with E-state index in [9.17, 15) is 14.4 Å². The fourth-order valence-electron chi connectivity index (χ4n) is 5.00. The Balaban J connectivity index is 3.13. The lowest BCUT2D eigenvalue weighted by Gasteiger charge is -2.39. The number of nitrogens with zero attached hydrogens (tertiary/aromatic N) is 5. The molecule has 9 heteroatoms. The molecule has 9 nitrogen and oxygen atoms in total. The molecule has 0 aromatic heterocycles. The summed E-state index contributed by atoms with van der Waals surface area (Å²) in [6, 6.07) is 3.04. The van der Waals surface area contributed by atoms with E-state index >= 15 is 0 Å². The van der Waals surface area contributed by atoms with Crippen LogP contribution in [0.1, 0.15) is 80.6 Å². The monoisotopic (exact) mass is 528 g/mol. The van der Waals surface area contributed by atoms with Crippen molar-refractivity contribution in [2.75, 3.05) is 26.7 Å². The van der Waals surface area contributed by atoms with Crippen molar-refractivity contribution in [2.24, 2.45) is 11.8 Å². The first-order chi connectivity index (χ1) is 17.9. The molecule has 3 amide bonds. The third-order valence-electron chi connectivity index (χ3n) is 7.25. The van der Waals surface area contributed by atoms with Crippen LogP contribution in [0.15, 0.2) is 11.6 Å². The molecule has 0 spiro atoms. The molecule has 1 unspecified atom stereocenters. The summed E-state index contributed by atoms with van der Waals surface area (Å²) >= 11 is 0. The number of likely N-dealkylation sites (tertiary alicyclic amines) is 1. The highest BCUT2D eigenvalue weighted by Crippen LogP contribution is 2.21. The van der Waals surface area contributed by atoms with E-state index in [0.717, 1.165) is 25.8 Å². The first-order valence-electron chi connectivity index (χ1n) is 13.9. The second-order valence-corrected chi connectivity index (χ2v) is 11.2. The third kappa shape index (κ3) is 9.44. The van der Waals surface area contributed by atoms with Crippen molar-refractivity contribution >= 4 is 17.7 Å². The second kappa shape index (κ2) is 16.1. The Morgan fingerprint density at radius 3 is 2.05 bits per heavy atom. The molecule has 0 radical (unpaired) electrons. The standard InChI is InChI=1S/C29H48N6O3/c1-20(2)25(19-23(7)28(37)34(16-11-14-30)17-12-15-31)33(8)29(38)26(21(3)4)32-27(36)24-13-9-10-18-35(24)22(5)6/h19-22,24-26H,9-13,16-18H2,1-8H3,(H,32,36)/t24-,25?,26+/m1/s1. The molecule has 1 fully saturated rings. The van der Waals surface area contributed by atoms with Crippen LogP contribution in [0.3, 0.4) is 0 Å². The fraction of sp³-hybridized carbons (Fsp3) is 0.759. The smallest absolute Gasteiger partial charge is 0.249 e. The van der Waals surface area contributed by atoms with E-state index in [4.69, 9.17) is 10.5 Å². The van der Waals surface area contributed by atoms with E-state index in [1.54, 1.807) is 24.9 Å². The van der Waals surface area contributed by atoms with Gasteiger partial charge in [-0.3, -0.25) is 19.3 Å². The van der Waals surface area contributed by atoms with E-state index < -0.39 is 6.04 Å². The van der Waals surface area contributed by atoms with Gasteiger partial charge in [-0.05, 0) is 52.0 Å². The summed E-state index contributed by atoms with van der Waals surface area (Å²) in [6.07, 6.45) is 5.00. The average molecular weight is 529 g/mol. The highest BCUT2D eigenvalue weighted by atomic mass is 16.2. The highest BCUT2D eigenvalue weighted by Gasteiger charge is 2.36. The van der Waals surface area contributed by atoms with Gasteiger partial charge >= 0.3 is 0 Å². The number of rotatable bonds is 13. The molecule has 0 aromatic rings. The summed E-state index contributed by atoms with van der Waals surface area (Å²) in [6.45, 7) is 15.1. The number of piperidine rings is 1. The van der Waals surface area contributed by atoms with E-state index in [1.807, 2.05) is 39.8 Å². The molecule has 1 aliphatic heterocycles. The fourth-order valence-corrected chi connectivity index (χ4v) is 5.00. The molecule has 1 rings (SSSR count). The molecular weight excluding hydrogens is 480 g/mol. The second-order valence-electron chi connectivity index (χ2n) is 11.2. The zero-order valence-electron chi connectivity index (χ0n) is 24.7. The minimum absolute atomic E-state index is 0.0108. The summed E-state index contributed by atoms with van der Waals surface area (Å²) in [7, 11) is 1.72. The Morgan fingerprint density at radius 2 is 1.58 bits per heavy atom. The Labute approximate surface area is 229 Å². The molecule has 0 aliphatic carbocycles. The van der Waals surface area contributed by atoms with Crippen LogP contribution in [0.2, 0.25) is 0 Å². The van der Waals surface area contributed by atoms with Gasteiger partial charge in [-0.15, -0.1) is 0 Å². The van der Waals surface area contributed by atoms with Crippen LogP contribution in [-0.4, -0.2) is 83.3 Å². The van der Waals surface area contributed by atoms with Crippen molar-refractivity contribution in [3.63, 3.8) is 0 Å². The molecule has 0 aromatic carbocycles. The molecule has 0 saturated carbocycles. The number of hydrogen-bond acceptors (Lipinski definition) is 6. The lowest BCUT2D eigenvalue weighted by molar-refractivity contribution is -0.140. The van der Waals surface area contributed by atoms with Crippen molar-refractivity contribution < 1.29 is 14.4 Å². The summed E-state index contributed by atoms with van der Waals surface area (Å²) in [4.78, 5) is 45.6. The summed E-state index contributed by atoms with van der Waals surface area (Å²) < 4.78 is 0. The number of carbonyl (C=O) groups excluding carboxylic acids is 3. The third-order valence-corrected chi connectivity index (χ3v) is 7.25. The number of nitriles is 2. The number of likely N-dealkylation sites (N-methyl/N-ethyl adjacent to an activating group) is 1. The largest absolute Gasteiger partial charge is 0.343 e. The van der Waals surface area contributed by atoms with Crippen LogP contribution in [0.5, 0.6) is 0 Å². The van der Waals surface area contributed by atoms with Gasteiger partial charge in [0.2, 0.25) is 17.7 Å². The molecule has 38 heavy (non-hydrogen) atoms. The predicted octanol–water partition coefficient (Wildman–Crippen LogP) is 3.48. The van der Waals surface area contributed by atoms with Crippen LogP contribution >= 0.6 is 0 Å². The topological polar surface area (TPSA) is 121 Å². The maximum absolute atomic E-state index is 13.7. The normalized spacial score (nSPS) is 18.0. The summed E-state index contributed by atoms with van der Waals surface area (Å²) in [5, 5.41) is 21.0. The van der Waals surface area contributed by atoms with Gasteiger partial charge in [-0.1, -0.05) is 40.2 Å². The van der Waals surface area contributed by atoms with Crippen LogP contribution in [0.25, 0.3) is 0 Å². The molecule has 0 bridgehead atoms. The summed E-state index contributed by atoms with van der Waals surface area (Å²) in [5.41, 5.74) is 0.458. The van der Waals surface area contributed by atoms with Crippen molar-refractivity contribution in [1.29, 1.82) is 10.5 Å². The predicted molar refractivity (Wildman–Crippen MR) is 148 cm³/mol. The minimum atomic E-state index is -0.683. The summed E-state index contributed by atoms with van der Waals surface area (Å²) in [5.74, 6) is -0.649. The van der Waals surface area contributed by atoms with Crippen LogP contribution in [0, 0.1) is 34.5 Å². The average Bonchev–Trinajstić information content (AvgIpc) is 2.88.